The van der Waals surface area contributed by atoms with Gasteiger partial charge in [-0.1, -0.05) is 59.4 Å². The van der Waals surface area contributed by atoms with Gasteiger partial charge in [0.15, 0.2) is 11.5 Å². The van der Waals surface area contributed by atoms with Gasteiger partial charge in [-0.3, -0.25) is 10.1 Å². The fraction of sp³-hybridized carbons (Fsp3) is 0.172. The van der Waals surface area contributed by atoms with E-state index in [0.29, 0.717) is 40.4 Å². The predicted octanol–water partition coefficient (Wildman–Crippen LogP) is 5.83. The van der Waals surface area contributed by atoms with Gasteiger partial charge >= 0.3 is 0 Å². The lowest BCUT2D eigenvalue weighted by Crippen LogP contribution is -2.13. The molecule has 0 aliphatic rings. The number of hydrogen-bond acceptors (Lipinski definition) is 8. The fourth-order valence-electron chi connectivity index (χ4n) is 3.51. The SMILES string of the molecule is COc1cc(C=C(C#N)C(=O)Nc2nnc(-c3ccccc3C)s2)ccc1OCCOc1ccc(C)cc1. The Bertz CT molecular complexity index is 1490. The van der Waals surface area contributed by atoms with Crippen molar-refractivity contribution >= 4 is 28.5 Å². The third-order valence-corrected chi connectivity index (χ3v) is 6.39. The Morgan fingerprint density at radius 3 is 2.50 bits per heavy atom. The van der Waals surface area contributed by atoms with Crippen molar-refractivity contribution in [1.82, 2.24) is 10.2 Å². The number of amides is 1. The summed E-state index contributed by atoms with van der Waals surface area (Å²) in [5, 5.41) is 21.5. The van der Waals surface area contributed by atoms with Crippen molar-refractivity contribution in [1.29, 1.82) is 5.26 Å². The van der Waals surface area contributed by atoms with Gasteiger partial charge in [0, 0.05) is 5.56 Å². The van der Waals surface area contributed by atoms with E-state index < -0.39 is 5.91 Å². The lowest BCUT2D eigenvalue weighted by Gasteiger charge is -2.12. The minimum absolute atomic E-state index is 0.0835. The van der Waals surface area contributed by atoms with E-state index in [9.17, 15) is 10.1 Å². The molecule has 4 rings (SSSR count). The van der Waals surface area contributed by atoms with E-state index in [4.69, 9.17) is 14.2 Å². The summed E-state index contributed by atoms with van der Waals surface area (Å²) in [7, 11) is 1.53. The first-order chi connectivity index (χ1) is 18.5. The summed E-state index contributed by atoms with van der Waals surface area (Å²) < 4.78 is 16.9. The highest BCUT2D eigenvalue weighted by Crippen LogP contribution is 2.30. The number of rotatable bonds is 10. The number of aryl methyl sites for hydroxylation is 2. The molecule has 38 heavy (non-hydrogen) atoms. The second-order valence-corrected chi connectivity index (χ2v) is 9.25. The molecule has 0 saturated carbocycles. The zero-order chi connectivity index (χ0) is 26.9. The van der Waals surface area contributed by atoms with Gasteiger partial charge < -0.3 is 14.2 Å². The maximum atomic E-state index is 12.8. The minimum Gasteiger partial charge on any atom is -0.493 e. The number of ether oxygens (including phenoxy) is 3. The number of anilines is 1. The van der Waals surface area contributed by atoms with Crippen LogP contribution in [0.2, 0.25) is 0 Å². The van der Waals surface area contributed by atoms with Crippen molar-refractivity contribution < 1.29 is 19.0 Å². The molecule has 1 amide bonds. The van der Waals surface area contributed by atoms with Crippen LogP contribution in [0.3, 0.4) is 0 Å². The average Bonchev–Trinajstić information content (AvgIpc) is 3.39. The zero-order valence-electron chi connectivity index (χ0n) is 21.2. The number of hydrogen-bond donors (Lipinski definition) is 1. The molecule has 1 heterocycles. The first-order valence-corrected chi connectivity index (χ1v) is 12.6. The molecule has 1 aromatic heterocycles. The van der Waals surface area contributed by atoms with Gasteiger partial charge in [0.25, 0.3) is 5.91 Å². The maximum absolute atomic E-state index is 12.8. The number of nitrogens with zero attached hydrogens (tertiary/aromatic N) is 3. The summed E-state index contributed by atoms with van der Waals surface area (Å²) in [6.45, 7) is 4.68. The van der Waals surface area contributed by atoms with E-state index in [0.717, 1.165) is 22.4 Å². The lowest BCUT2D eigenvalue weighted by molar-refractivity contribution is -0.112. The molecule has 0 fully saturated rings. The highest BCUT2D eigenvalue weighted by molar-refractivity contribution is 7.18. The molecule has 9 heteroatoms. The standard InChI is InChI=1S/C29H26N4O4S/c1-19-8-11-23(12-9-19)36-14-15-37-25-13-10-21(17-26(25)35-3)16-22(18-30)27(34)31-29-33-32-28(38-29)24-7-5-4-6-20(24)2/h4-13,16-17H,14-15H2,1-3H3,(H,31,33,34). The molecule has 8 nitrogen and oxygen atoms in total. The van der Waals surface area contributed by atoms with Gasteiger partial charge in [-0.25, -0.2) is 0 Å². The molecule has 0 radical (unpaired) electrons. The second kappa shape index (κ2) is 12.5. The third kappa shape index (κ3) is 6.75. The number of nitrogens with one attached hydrogen (secondary N) is 1. The minimum atomic E-state index is -0.576. The van der Waals surface area contributed by atoms with E-state index >= 15 is 0 Å². The second-order valence-electron chi connectivity index (χ2n) is 8.27. The average molecular weight is 527 g/mol. The van der Waals surface area contributed by atoms with Gasteiger partial charge in [-0.15, -0.1) is 10.2 Å². The first kappa shape index (κ1) is 26.4. The third-order valence-electron chi connectivity index (χ3n) is 5.52. The van der Waals surface area contributed by atoms with Crippen molar-refractivity contribution in [3.05, 3.63) is 89.0 Å². The van der Waals surface area contributed by atoms with Crippen LogP contribution in [-0.4, -0.2) is 36.4 Å². The molecule has 3 aromatic carbocycles. The van der Waals surface area contributed by atoms with Crippen LogP contribution in [0.15, 0.2) is 72.3 Å². The number of methoxy groups -OCH3 is 1. The summed E-state index contributed by atoms with van der Waals surface area (Å²) in [5.74, 6) is 1.19. The molecule has 0 aliphatic carbocycles. The number of benzene rings is 3. The molecule has 0 saturated heterocycles. The fourth-order valence-corrected chi connectivity index (χ4v) is 4.34. The van der Waals surface area contributed by atoms with E-state index in [-0.39, 0.29) is 5.57 Å². The van der Waals surface area contributed by atoms with Gasteiger partial charge in [-0.2, -0.15) is 5.26 Å². The van der Waals surface area contributed by atoms with Gasteiger partial charge in [-0.05, 0) is 55.3 Å². The number of aromatic nitrogens is 2. The van der Waals surface area contributed by atoms with E-state index in [1.807, 2.05) is 68.4 Å². The Hall–Kier alpha value is -4.68. The summed E-state index contributed by atoms with van der Waals surface area (Å²) in [5.41, 5.74) is 3.68. The molecule has 192 valence electrons. The Balaban J connectivity index is 1.38. The van der Waals surface area contributed by atoms with Crippen molar-refractivity contribution in [2.45, 2.75) is 13.8 Å². The molecule has 0 spiro atoms. The highest BCUT2D eigenvalue weighted by Gasteiger charge is 2.15. The van der Waals surface area contributed by atoms with Crippen LogP contribution in [0.25, 0.3) is 16.6 Å². The van der Waals surface area contributed by atoms with Crippen LogP contribution < -0.4 is 19.5 Å². The van der Waals surface area contributed by atoms with E-state index in [1.165, 1.54) is 24.5 Å². The smallest absolute Gasteiger partial charge is 0.268 e. The summed E-state index contributed by atoms with van der Waals surface area (Å²) in [6.07, 6.45) is 1.48. The van der Waals surface area contributed by atoms with Crippen molar-refractivity contribution in [3.63, 3.8) is 0 Å². The van der Waals surface area contributed by atoms with Crippen molar-refractivity contribution in [3.8, 4) is 33.9 Å². The molecule has 0 atom stereocenters. The Morgan fingerprint density at radius 2 is 1.76 bits per heavy atom. The quantitative estimate of drug-likeness (QED) is 0.157. The van der Waals surface area contributed by atoms with Crippen LogP contribution in [0, 0.1) is 25.2 Å². The van der Waals surface area contributed by atoms with Crippen LogP contribution in [-0.2, 0) is 4.79 Å². The maximum Gasteiger partial charge on any atom is 0.268 e. The Labute approximate surface area is 225 Å². The van der Waals surface area contributed by atoms with E-state index in [1.54, 1.807) is 18.2 Å². The summed E-state index contributed by atoms with van der Waals surface area (Å²) in [6, 6.07) is 22.7. The van der Waals surface area contributed by atoms with Crippen LogP contribution in [0.4, 0.5) is 5.13 Å². The van der Waals surface area contributed by atoms with Gasteiger partial charge in [0.05, 0.1) is 7.11 Å². The normalized spacial score (nSPS) is 10.9. The largest absolute Gasteiger partial charge is 0.493 e. The molecular formula is C29H26N4O4S. The first-order valence-electron chi connectivity index (χ1n) is 11.8. The van der Waals surface area contributed by atoms with Crippen LogP contribution in [0.5, 0.6) is 17.2 Å². The van der Waals surface area contributed by atoms with Crippen LogP contribution >= 0.6 is 11.3 Å². The number of carbonyl (C=O) groups is 1. The van der Waals surface area contributed by atoms with Crippen molar-refractivity contribution in [2.75, 3.05) is 25.6 Å². The number of nitriles is 1. The lowest BCUT2D eigenvalue weighted by atomic mass is 10.1. The predicted molar refractivity (Wildman–Crippen MR) is 147 cm³/mol. The highest BCUT2D eigenvalue weighted by atomic mass is 32.1. The van der Waals surface area contributed by atoms with E-state index in [2.05, 4.69) is 15.5 Å². The number of carbonyl (C=O) groups excluding carboxylic acids is 1. The molecule has 0 bridgehead atoms. The Kier molecular flexibility index (Phi) is 8.69. The summed E-state index contributed by atoms with van der Waals surface area (Å²) >= 11 is 1.24. The topological polar surface area (TPSA) is 106 Å². The van der Waals surface area contributed by atoms with Crippen LogP contribution in [0.1, 0.15) is 16.7 Å². The molecular weight excluding hydrogens is 500 g/mol. The molecule has 4 aromatic rings. The van der Waals surface area contributed by atoms with Crippen molar-refractivity contribution in [2.24, 2.45) is 0 Å². The molecule has 0 unspecified atom stereocenters. The molecule has 1 N–H and O–H groups in total. The van der Waals surface area contributed by atoms with Gasteiger partial charge in [0.2, 0.25) is 5.13 Å². The molecule has 0 aliphatic heterocycles. The monoisotopic (exact) mass is 526 g/mol. The van der Waals surface area contributed by atoms with Gasteiger partial charge in [0.1, 0.15) is 35.6 Å². The Morgan fingerprint density at radius 1 is 1.00 bits per heavy atom. The summed E-state index contributed by atoms with van der Waals surface area (Å²) in [4.78, 5) is 12.8. The zero-order valence-corrected chi connectivity index (χ0v) is 22.0.